The van der Waals surface area contributed by atoms with Gasteiger partial charge in [-0.1, -0.05) is 12.8 Å². The second kappa shape index (κ2) is 7.99. The van der Waals surface area contributed by atoms with Crippen molar-refractivity contribution in [2.75, 3.05) is 58.3 Å². The Hall–Kier alpha value is -1.89. The van der Waals surface area contributed by atoms with E-state index >= 15 is 0 Å². The van der Waals surface area contributed by atoms with Crippen molar-refractivity contribution in [3.63, 3.8) is 0 Å². The van der Waals surface area contributed by atoms with Crippen molar-refractivity contribution in [1.29, 1.82) is 0 Å². The molecule has 1 saturated heterocycles. The van der Waals surface area contributed by atoms with E-state index < -0.39 is 0 Å². The molecule has 0 spiro atoms. The minimum absolute atomic E-state index is 0.313. The predicted molar refractivity (Wildman–Crippen MR) is 102 cm³/mol. The fraction of sp³-hybridized carbons (Fsp3) is 0.722. The van der Waals surface area contributed by atoms with E-state index in [0.717, 1.165) is 45.2 Å². The zero-order chi connectivity index (χ0) is 17.7. The van der Waals surface area contributed by atoms with Crippen LogP contribution in [0, 0.1) is 5.41 Å². The topological polar surface area (TPSA) is 73.9 Å². The van der Waals surface area contributed by atoms with Crippen LogP contribution in [0.25, 0.3) is 0 Å². The molecule has 1 aromatic rings. The fourth-order valence-corrected chi connectivity index (χ4v) is 4.10. The molecule has 7 nitrogen and oxygen atoms in total. The summed E-state index contributed by atoms with van der Waals surface area (Å²) in [5.74, 6) is 1.49. The normalized spacial score (nSPS) is 21.2. The van der Waals surface area contributed by atoms with E-state index in [1.165, 1.54) is 25.7 Å². The van der Waals surface area contributed by atoms with Crippen LogP contribution in [0.2, 0.25) is 0 Å². The van der Waals surface area contributed by atoms with Crippen LogP contribution in [0.3, 0.4) is 0 Å². The van der Waals surface area contributed by atoms with E-state index in [-0.39, 0.29) is 0 Å². The van der Waals surface area contributed by atoms with Crippen molar-refractivity contribution in [2.24, 2.45) is 16.1 Å². The molecule has 1 aliphatic heterocycles. The number of hydrogen-bond acceptors (Lipinski definition) is 5. The first-order chi connectivity index (χ1) is 12.1. The number of rotatable bonds is 5. The lowest BCUT2D eigenvalue weighted by Crippen LogP contribution is -2.51. The van der Waals surface area contributed by atoms with Gasteiger partial charge in [0.15, 0.2) is 5.96 Å². The summed E-state index contributed by atoms with van der Waals surface area (Å²) in [6.45, 7) is 5.44. The molecule has 25 heavy (non-hydrogen) atoms. The standard InChI is InChI=1S/C18H31N7/c1-23(2)15-18(6-3-4-7-18)14-22-16(19)24-10-12-25(13-11-24)17-20-8-5-9-21-17/h5,8-9H,3-4,6-7,10-15H2,1-2H3,(H2,19,22). The van der Waals surface area contributed by atoms with Gasteiger partial charge >= 0.3 is 0 Å². The highest BCUT2D eigenvalue weighted by Crippen LogP contribution is 2.38. The van der Waals surface area contributed by atoms with Crippen LogP contribution in [-0.4, -0.2) is 79.1 Å². The first-order valence-electron chi connectivity index (χ1n) is 9.30. The molecule has 0 bridgehead atoms. The van der Waals surface area contributed by atoms with E-state index in [2.05, 4.69) is 38.8 Å². The number of anilines is 1. The highest BCUT2D eigenvalue weighted by Gasteiger charge is 2.34. The molecule has 7 heteroatoms. The molecule has 0 radical (unpaired) electrons. The summed E-state index contributed by atoms with van der Waals surface area (Å²) in [5.41, 5.74) is 6.63. The Morgan fingerprint density at radius 1 is 1.16 bits per heavy atom. The molecule has 0 amide bonds. The molecule has 2 heterocycles. The highest BCUT2D eigenvalue weighted by atomic mass is 15.4. The lowest BCUT2D eigenvalue weighted by atomic mass is 9.86. The fourth-order valence-electron chi connectivity index (χ4n) is 4.10. The Morgan fingerprint density at radius 3 is 2.40 bits per heavy atom. The minimum atomic E-state index is 0.313. The molecular formula is C18H31N7. The van der Waals surface area contributed by atoms with Crippen molar-refractivity contribution in [3.05, 3.63) is 18.5 Å². The molecule has 0 atom stereocenters. The number of nitrogens with two attached hydrogens (primary N) is 1. The third-order valence-corrected chi connectivity index (χ3v) is 5.33. The lowest BCUT2D eigenvalue weighted by Gasteiger charge is -2.36. The molecule has 0 unspecified atom stereocenters. The van der Waals surface area contributed by atoms with Crippen LogP contribution in [0.15, 0.2) is 23.5 Å². The van der Waals surface area contributed by atoms with Crippen molar-refractivity contribution < 1.29 is 0 Å². The predicted octanol–water partition coefficient (Wildman–Crippen LogP) is 1.04. The molecule has 1 aromatic heterocycles. The van der Waals surface area contributed by atoms with Crippen LogP contribution in [0.5, 0.6) is 0 Å². The summed E-state index contributed by atoms with van der Waals surface area (Å²) in [5, 5.41) is 0. The van der Waals surface area contributed by atoms with Crippen LogP contribution in [0.4, 0.5) is 5.95 Å². The van der Waals surface area contributed by atoms with Gasteiger partial charge < -0.3 is 20.4 Å². The van der Waals surface area contributed by atoms with Crippen LogP contribution in [0.1, 0.15) is 25.7 Å². The van der Waals surface area contributed by atoms with Gasteiger partial charge in [-0.15, -0.1) is 0 Å². The van der Waals surface area contributed by atoms with Gasteiger partial charge in [0.25, 0.3) is 0 Å². The molecule has 1 aliphatic carbocycles. The Labute approximate surface area is 150 Å². The van der Waals surface area contributed by atoms with E-state index in [1.807, 2.05) is 6.07 Å². The average Bonchev–Trinajstić information content (AvgIpc) is 3.08. The number of aliphatic imine (C=N–C) groups is 1. The zero-order valence-corrected chi connectivity index (χ0v) is 15.6. The van der Waals surface area contributed by atoms with Crippen molar-refractivity contribution in [2.45, 2.75) is 25.7 Å². The summed E-state index contributed by atoms with van der Waals surface area (Å²) in [4.78, 5) is 20.1. The maximum Gasteiger partial charge on any atom is 0.225 e. The Morgan fingerprint density at radius 2 is 1.80 bits per heavy atom. The molecule has 2 aliphatic rings. The first-order valence-corrected chi connectivity index (χ1v) is 9.30. The molecule has 2 fully saturated rings. The van der Waals surface area contributed by atoms with E-state index in [9.17, 15) is 0 Å². The maximum absolute atomic E-state index is 6.31. The summed E-state index contributed by atoms with van der Waals surface area (Å²) >= 11 is 0. The molecule has 138 valence electrons. The Bertz CT molecular complexity index is 558. The quantitative estimate of drug-likeness (QED) is 0.635. The Balaban J connectivity index is 1.55. The van der Waals surface area contributed by atoms with Crippen LogP contribution >= 0.6 is 0 Å². The third-order valence-electron chi connectivity index (χ3n) is 5.33. The third kappa shape index (κ3) is 4.60. The second-order valence-electron chi connectivity index (χ2n) is 7.64. The van der Waals surface area contributed by atoms with Crippen molar-refractivity contribution >= 4 is 11.9 Å². The van der Waals surface area contributed by atoms with Crippen molar-refractivity contribution in [1.82, 2.24) is 19.8 Å². The van der Waals surface area contributed by atoms with Gasteiger partial charge in [-0.2, -0.15) is 0 Å². The summed E-state index contributed by atoms with van der Waals surface area (Å²) < 4.78 is 0. The molecule has 0 aromatic carbocycles. The number of guanidine groups is 1. The van der Waals surface area contributed by atoms with Crippen LogP contribution < -0.4 is 10.6 Å². The summed E-state index contributed by atoms with van der Waals surface area (Å²) in [7, 11) is 4.30. The van der Waals surface area contributed by atoms with Gasteiger partial charge in [0.05, 0.1) is 0 Å². The van der Waals surface area contributed by atoms with Gasteiger partial charge in [-0.05, 0) is 33.0 Å². The van der Waals surface area contributed by atoms with E-state index in [1.54, 1.807) is 12.4 Å². The second-order valence-corrected chi connectivity index (χ2v) is 7.64. The molecule has 2 N–H and O–H groups in total. The largest absolute Gasteiger partial charge is 0.370 e. The average molecular weight is 345 g/mol. The smallest absolute Gasteiger partial charge is 0.225 e. The number of hydrogen-bond donors (Lipinski definition) is 1. The molecule has 3 rings (SSSR count). The zero-order valence-electron chi connectivity index (χ0n) is 15.6. The highest BCUT2D eigenvalue weighted by molar-refractivity contribution is 5.78. The van der Waals surface area contributed by atoms with Gasteiger partial charge in [0.1, 0.15) is 0 Å². The van der Waals surface area contributed by atoms with Crippen LogP contribution in [-0.2, 0) is 0 Å². The molecule has 1 saturated carbocycles. The number of piperazine rings is 1. The minimum Gasteiger partial charge on any atom is -0.370 e. The first kappa shape index (κ1) is 17.9. The number of aromatic nitrogens is 2. The maximum atomic E-state index is 6.31. The lowest BCUT2D eigenvalue weighted by molar-refractivity contribution is 0.209. The summed E-state index contributed by atoms with van der Waals surface area (Å²) in [6.07, 6.45) is 8.74. The van der Waals surface area contributed by atoms with Gasteiger partial charge in [0, 0.05) is 57.1 Å². The van der Waals surface area contributed by atoms with Crippen molar-refractivity contribution in [3.8, 4) is 0 Å². The number of nitrogens with zero attached hydrogens (tertiary/aromatic N) is 6. The summed E-state index contributed by atoms with van der Waals surface area (Å²) in [6, 6.07) is 1.84. The monoisotopic (exact) mass is 345 g/mol. The van der Waals surface area contributed by atoms with E-state index in [0.29, 0.717) is 11.4 Å². The van der Waals surface area contributed by atoms with Gasteiger partial charge in [0.2, 0.25) is 5.95 Å². The molecular weight excluding hydrogens is 314 g/mol. The van der Waals surface area contributed by atoms with Gasteiger partial charge in [-0.3, -0.25) is 4.99 Å². The van der Waals surface area contributed by atoms with E-state index in [4.69, 9.17) is 10.7 Å². The Kier molecular flexibility index (Phi) is 5.73. The van der Waals surface area contributed by atoms with Gasteiger partial charge in [-0.25, -0.2) is 9.97 Å². The SMILES string of the molecule is CN(C)CC1(CN=C(N)N2CCN(c3ncccn3)CC2)CCCC1.